The van der Waals surface area contributed by atoms with Gasteiger partial charge in [-0.05, 0) is 36.3 Å². The van der Waals surface area contributed by atoms with Gasteiger partial charge in [0.2, 0.25) is 5.91 Å². The molecule has 4 aromatic rings. The fraction of sp³-hybridized carbons (Fsp3) is 0.167. The molecule has 1 amide bonds. The van der Waals surface area contributed by atoms with Crippen molar-refractivity contribution in [3.05, 3.63) is 101 Å². The van der Waals surface area contributed by atoms with Gasteiger partial charge in [0.15, 0.2) is 0 Å². The number of rotatable bonds is 9. The predicted molar refractivity (Wildman–Crippen MR) is 124 cm³/mol. The molecule has 0 spiro atoms. The Morgan fingerprint density at radius 2 is 2.09 bits per heavy atom. The smallest absolute Gasteiger partial charge is 0.244 e. The zero-order chi connectivity index (χ0) is 22.2. The van der Waals surface area contributed by atoms with Crippen LogP contribution in [0.1, 0.15) is 27.9 Å². The number of aryl methyl sites for hydroxylation is 1. The average molecular weight is 446 g/mol. The van der Waals surface area contributed by atoms with E-state index in [9.17, 15) is 4.79 Å². The molecule has 2 heterocycles. The van der Waals surface area contributed by atoms with E-state index in [0.717, 1.165) is 27.6 Å². The Labute approximate surface area is 190 Å². The van der Waals surface area contributed by atoms with Crippen LogP contribution in [0.5, 0.6) is 5.75 Å². The summed E-state index contributed by atoms with van der Waals surface area (Å²) in [6, 6.07) is 17.2. The van der Waals surface area contributed by atoms with Crippen LogP contribution in [0, 0.1) is 6.92 Å². The van der Waals surface area contributed by atoms with E-state index in [2.05, 4.69) is 20.4 Å². The SMILES string of the molecule is Cc1nc(COc2cccc(/C=C/C(=O)NC(Cn3cncn3)c3ccccc3)c2)cs1. The third kappa shape index (κ3) is 6.12. The molecule has 0 aliphatic heterocycles. The maximum Gasteiger partial charge on any atom is 0.244 e. The van der Waals surface area contributed by atoms with Crippen molar-refractivity contribution < 1.29 is 9.53 Å². The van der Waals surface area contributed by atoms with Crippen molar-refractivity contribution in [2.75, 3.05) is 0 Å². The minimum Gasteiger partial charge on any atom is -0.487 e. The Morgan fingerprint density at radius 3 is 2.84 bits per heavy atom. The Kier molecular flexibility index (Phi) is 7.04. The van der Waals surface area contributed by atoms with Gasteiger partial charge in [0.1, 0.15) is 25.0 Å². The third-order valence-electron chi connectivity index (χ3n) is 4.69. The van der Waals surface area contributed by atoms with Crippen molar-refractivity contribution in [2.45, 2.75) is 26.1 Å². The Balaban J connectivity index is 1.39. The molecule has 7 nitrogen and oxygen atoms in total. The van der Waals surface area contributed by atoms with Crippen molar-refractivity contribution in [3.8, 4) is 5.75 Å². The molecule has 0 saturated carbocycles. The number of amides is 1. The maximum absolute atomic E-state index is 12.6. The summed E-state index contributed by atoms with van der Waals surface area (Å²) in [6.45, 7) is 2.88. The Morgan fingerprint density at radius 1 is 1.22 bits per heavy atom. The van der Waals surface area contributed by atoms with Gasteiger partial charge in [-0.25, -0.2) is 9.97 Å². The van der Waals surface area contributed by atoms with Gasteiger partial charge in [0.25, 0.3) is 0 Å². The molecule has 32 heavy (non-hydrogen) atoms. The van der Waals surface area contributed by atoms with Crippen LogP contribution >= 0.6 is 11.3 Å². The summed E-state index contributed by atoms with van der Waals surface area (Å²) < 4.78 is 7.53. The van der Waals surface area contributed by atoms with E-state index in [1.807, 2.05) is 66.9 Å². The van der Waals surface area contributed by atoms with Gasteiger partial charge in [-0.15, -0.1) is 11.3 Å². The molecule has 0 radical (unpaired) electrons. The van der Waals surface area contributed by atoms with Gasteiger partial charge >= 0.3 is 0 Å². The van der Waals surface area contributed by atoms with E-state index >= 15 is 0 Å². The fourth-order valence-electron chi connectivity index (χ4n) is 3.17. The van der Waals surface area contributed by atoms with Gasteiger partial charge < -0.3 is 10.1 Å². The first-order chi connectivity index (χ1) is 15.7. The number of nitrogens with zero attached hydrogens (tertiary/aromatic N) is 4. The standard InChI is InChI=1S/C24H23N5O2S/c1-18-27-21(15-32-18)14-31-22-9-5-6-19(12-22)10-11-24(30)28-23(13-29-17-25-16-26-29)20-7-3-2-4-8-20/h2-12,15-17,23H,13-14H2,1H3,(H,28,30)/b11-10+. The lowest BCUT2D eigenvalue weighted by molar-refractivity contribution is -0.117. The van der Waals surface area contributed by atoms with Crippen LogP contribution in [0.15, 0.2) is 78.7 Å². The van der Waals surface area contributed by atoms with Crippen molar-refractivity contribution >= 4 is 23.3 Å². The predicted octanol–water partition coefficient (Wildman–Crippen LogP) is 4.19. The first-order valence-corrected chi connectivity index (χ1v) is 11.0. The van der Waals surface area contributed by atoms with Gasteiger partial charge in [-0.3, -0.25) is 9.48 Å². The van der Waals surface area contributed by atoms with E-state index in [4.69, 9.17) is 4.74 Å². The molecule has 8 heteroatoms. The lowest BCUT2D eigenvalue weighted by Gasteiger charge is -2.18. The number of carbonyl (C=O) groups is 1. The largest absolute Gasteiger partial charge is 0.487 e. The molecule has 1 atom stereocenters. The highest BCUT2D eigenvalue weighted by molar-refractivity contribution is 7.09. The molecule has 0 bridgehead atoms. The summed E-state index contributed by atoms with van der Waals surface area (Å²) in [7, 11) is 0. The Hall–Kier alpha value is -3.78. The number of ether oxygens (including phenoxy) is 1. The highest BCUT2D eigenvalue weighted by atomic mass is 32.1. The fourth-order valence-corrected chi connectivity index (χ4v) is 3.76. The van der Waals surface area contributed by atoms with Gasteiger partial charge in [-0.2, -0.15) is 5.10 Å². The Bertz CT molecular complexity index is 1170. The number of hydrogen-bond acceptors (Lipinski definition) is 6. The van der Waals surface area contributed by atoms with Crippen molar-refractivity contribution in [1.82, 2.24) is 25.1 Å². The highest BCUT2D eigenvalue weighted by Crippen LogP contribution is 2.18. The minimum atomic E-state index is -0.230. The minimum absolute atomic E-state index is 0.191. The summed E-state index contributed by atoms with van der Waals surface area (Å²) in [5.74, 6) is 0.537. The topological polar surface area (TPSA) is 81.9 Å². The van der Waals surface area contributed by atoms with Crippen LogP contribution in [-0.2, 0) is 17.9 Å². The highest BCUT2D eigenvalue weighted by Gasteiger charge is 2.14. The number of thiazole rings is 1. The van der Waals surface area contributed by atoms with E-state index in [1.165, 1.54) is 12.4 Å². The van der Waals surface area contributed by atoms with Crippen molar-refractivity contribution in [1.29, 1.82) is 0 Å². The first-order valence-electron chi connectivity index (χ1n) is 10.2. The zero-order valence-electron chi connectivity index (χ0n) is 17.6. The molecule has 0 fully saturated rings. The second-order valence-corrected chi connectivity index (χ2v) is 8.20. The van der Waals surface area contributed by atoms with Gasteiger partial charge in [-0.1, -0.05) is 42.5 Å². The molecular weight excluding hydrogens is 422 g/mol. The lowest BCUT2D eigenvalue weighted by atomic mass is 10.1. The molecule has 2 aromatic carbocycles. The van der Waals surface area contributed by atoms with Crippen LogP contribution < -0.4 is 10.1 Å². The van der Waals surface area contributed by atoms with Crippen LogP contribution in [0.3, 0.4) is 0 Å². The molecule has 162 valence electrons. The third-order valence-corrected chi connectivity index (χ3v) is 5.52. The monoisotopic (exact) mass is 445 g/mol. The number of carbonyl (C=O) groups excluding carboxylic acids is 1. The van der Waals surface area contributed by atoms with E-state index in [1.54, 1.807) is 28.4 Å². The second kappa shape index (κ2) is 10.5. The summed E-state index contributed by atoms with van der Waals surface area (Å²) in [6.07, 6.45) is 6.41. The molecular formula is C24H23N5O2S. The van der Waals surface area contributed by atoms with E-state index < -0.39 is 0 Å². The van der Waals surface area contributed by atoms with Crippen molar-refractivity contribution in [3.63, 3.8) is 0 Å². The molecule has 1 unspecified atom stereocenters. The van der Waals surface area contributed by atoms with Crippen LogP contribution in [-0.4, -0.2) is 25.7 Å². The van der Waals surface area contributed by atoms with E-state index in [0.29, 0.717) is 13.2 Å². The lowest BCUT2D eigenvalue weighted by Crippen LogP contribution is -2.30. The maximum atomic E-state index is 12.6. The molecule has 2 aromatic heterocycles. The van der Waals surface area contributed by atoms with Gasteiger partial charge in [0, 0.05) is 11.5 Å². The molecule has 0 aliphatic carbocycles. The van der Waals surface area contributed by atoms with Crippen LogP contribution in [0.4, 0.5) is 0 Å². The number of hydrogen-bond donors (Lipinski definition) is 1. The van der Waals surface area contributed by atoms with Crippen LogP contribution in [0.2, 0.25) is 0 Å². The van der Waals surface area contributed by atoms with E-state index in [-0.39, 0.29) is 11.9 Å². The van der Waals surface area contributed by atoms with Crippen LogP contribution in [0.25, 0.3) is 6.08 Å². The average Bonchev–Trinajstić information content (AvgIpc) is 3.48. The number of benzene rings is 2. The molecule has 4 rings (SSSR count). The number of aromatic nitrogens is 4. The molecule has 0 aliphatic rings. The van der Waals surface area contributed by atoms with Crippen molar-refractivity contribution in [2.24, 2.45) is 0 Å². The second-order valence-electron chi connectivity index (χ2n) is 7.14. The summed E-state index contributed by atoms with van der Waals surface area (Å²) in [5, 5.41) is 10.2. The molecule has 0 saturated heterocycles. The van der Waals surface area contributed by atoms with Gasteiger partial charge in [0.05, 0.1) is 23.3 Å². The number of nitrogens with one attached hydrogen (secondary N) is 1. The normalized spacial score (nSPS) is 12.0. The quantitative estimate of drug-likeness (QED) is 0.391. The summed E-state index contributed by atoms with van der Waals surface area (Å²) in [4.78, 5) is 21.0. The summed E-state index contributed by atoms with van der Waals surface area (Å²) in [5.41, 5.74) is 2.78. The molecule has 1 N–H and O–H groups in total. The summed E-state index contributed by atoms with van der Waals surface area (Å²) >= 11 is 1.60. The first kappa shape index (κ1) is 21.5. The zero-order valence-corrected chi connectivity index (χ0v) is 18.4.